The molecule has 5 aromatic rings. The zero-order valence-electron chi connectivity index (χ0n) is 19.2. The molecule has 36 heavy (non-hydrogen) atoms. The number of nitrogens with zero attached hydrogens (tertiary/aromatic N) is 5. The predicted molar refractivity (Wildman–Crippen MR) is 133 cm³/mol. The van der Waals surface area contributed by atoms with Gasteiger partial charge in [0.15, 0.2) is 5.82 Å². The zero-order valence-corrected chi connectivity index (χ0v) is 19.2. The van der Waals surface area contributed by atoms with Crippen molar-refractivity contribution in [1.82, 2.24) is 30.5 Å². The van der Waals surface area contributed by atoms with Gasteiger partial charge in [0.2, 0.25) is 0 Å². The van der Waals surface area contributed by atoms with Gasteiger partial charge < -0.3 is 14.5 Å². The molecule has 0 bridgehead atoms. The van der Waals surface area contributed by atoms with Crippen LogP contribution in [0.2, 0.25) is 0 Å². The minimum absolute atomic E-state index is 0.219. The molecular formula is C27H22N6O3. The molecule has 0 fully saturated rings. The first kappa shape index (κ1) is 22.7. The van der Waals surface area contributed by atoms with Crippen LogP contribution in [0.1, 0.15) is 17.0 Å². The fraction of sp³-hybridized carbons (Fsp3) is 0.0741. The zero-order chi connectivity index (χ0) is 24.6. The number of carbonyl (C=O) groups is 1. The first-order chi connectivity index (χ1) is 17.8. The van der Waals surface area contributed by atoms with Gasteiger partial charge in [-0.1, -0.05) is 48.5 Å². The maximum absolute atomic E-state index is 13.3. The van der Waals surface area contributed by atoms with Gasteiger partial charge >= 0.3 is 0 Å². The van der Waals surface area contributed by atoms with Gasteiger partial charge in [0.05, 0.1) is 12.0 Å². The number of hydrogen-bond donors (Lipinski definition) is 1. The second-order valence-electron chi connectivity index (χ2n) is 7.77. The van der Waals surface area contributed by atoms with Crippen LogP contribution >= 0.6 is 0 Å². The lowest BCUT2D eigenvalue weighted by Gasteiger charge is -2.11. The third kappa shape index (κ3) is 5.53. The van der Waals surface area contributed by atoms with Crippen LogP contribution in [0, 0.1) is 0 Å². The van der Waals surface area contributed by atoms with Gasteiger partial charge in [0, 0.05) is 24.4 Å². The molecule has 0 saturated heterocycles. The molecule has 1 N–H and O–H groups in total. The molecule has 9 nitrogen and oxygen atoms in total. The number of furan rings is 1. The lowest BCUT2D eigenvalue weighted by atomic mass is 10.2. The van der Waals surface area contributed by atoms with Crippen LogP contribution in [0.3, 0.4) is 0 Å². The van der Waals surface area contributed by atoms with Crippen molar-refractivity contribution < 1.29 is 13.9 Å². The number of rotatable bonds is 9. The van der Waals surface area contributed by atoms with Gasteiger partial charge in [-0.2, -0.15) is 4.68 Å². The summed E-state index contributed by atoms with van der Waals surface area (Å²) < 4.78 is 12.7. The molecule has 1 amide bonds. The molecule has 0 radical (unpaired) electrons. The van der Waals surface area contributed by atoms with E-state index in [-0.39, 0.29) is 18.1 Å². The van der Waals surface area contributed by atoms with E-state index in [1.54, 1.807) is 24.4 Å². The molecule has 9 heteroatoms. The van der Waals surface area contributed by atoms with Crippen LogP contribution < -0.4 is 10.1 Å². The highest BCUT2D eigenvalue weighted by Gasteiger charge is 2.19. The van der Waals surface area contributed by atoms with Crippen molar-refractivity contribution in [3.63, 3.8) is 0 Å². The van der Waals surface area contributed by atoms with Crippen LogP contribution in [0.15, 0.2) is 102 Å². The second-order valence-corrected chi connectivity index (χ2v) is 7.77. The number of ether oxygens (including phenoxy) is 1. The Labute approximate surface area is 207 Å². The highest BCUT2D eigenvalue weighted by atomic mass is 16.5. The molecule has 3 heterocycles. The Hall–Kier alpha value is -5.05. The van der Waals surface area contributed by atoms with E-state index in [1.807, 2.05) is 72.8 Å². The fourth-order valence-corrected chi connectivity index (χ4v) is 3.51. The Morgan fingerprint density at radius 1 is 1.00 bits per heavy atom. The van der Waals surface area contributed by atoms with Crippen LogP contribution in [0.5, 0.6) is 5.75 Å². The summed E-state index contributed by atoms with van der Waals surface area (Å²) in [6.07, 6.45) is 4.87. The quantitative estimate of drug-likeness (QED) is 0.316. The number of nitrogens with one attached hydrogen (secondary N) is 1. The molecule has 0 unspecified atom stereocenters. The predicted octanol–water partition coefficient (Wildman–Crippen LogP) is 4.22. The minimum Gasteiger partial charge on any atom is -0.487 e. The lowest BCUT2D eigenvalue weighted by molar-refractivity contribution is -0.116. The molecule has 178 valence electrons. The summed E-state index contributed by atoms with van der Waals surface area (Å²) in [5.41, 5.74) is 2.70. The van der Waals surface area contributed by atoms with Crippen molar-refractivity contribution in [3.05, 3.63) is 114 Å². The average molecular weight is 479 g/mol. The van der Waals surface area contributed by atoms with Gasteiger partial charge in [-0.05, 0) is 52.4 Å². The van der Waals surface area contributed by atoms with Crippen molar-refractivity contribution >= 4 is 17.7 Å². The average Bonchev–Trinajstić information content (AvgIpc) is 3.63. The summed E-state index contributed by atoms with van der Waals surface area (Å²) in [5.74, 6) is 1.26. The number of hydrogen-bond acceptors (Lipinski definition) is 7. The second kappa shape index (κ2) is 10.9. The Balaban J connectivity index is 1.33. The van der Waals surface area contributed by atoms with E-state index in [1.165, 1.54) is 10.9 Å². The molecule has 2 aromatic carbocycles. The topological polar surface area (TPSA) is 108 Å². The fourth-order valence-electron chi connectivity index (χ4n) is 3.51. The Morgan fingerprint density at radius 3 is 2.69 bits per heavy atom. The number of pyridine rings is 1. The first-order valence-electron chi connectivity index (χ1n) is 11.3. The van der Waals surface area contributed by atoms with E-state index in [4.69, 9.17) is 9.15 Å². The number of benzene rings is 2. The van der Waals surface area contributed by atoms with Crippen LogP contribution in [-0.4, -0.2) is 31.1 Å². The summed E-state index contributed by atoms with van der Waals surface area (Å²) in [6, 6.07) is 26.1. The molecule has 0 saturated carbocycles. The summed E-state index contributed by atoms with van der Waals surface area (Å²) in [6.45, 7) is 0.631. The third-order valence-corrected chi connectivity index (χ3v) is 5.25. The maximum atomic E-state index is 13.3. The first-order valence-corrected chi connectivity index (χ1v) is 11.3. The number of aromatic nitrogens is 5. The van der Waals surface area contributed by atoms with Crippen molar-refractivity contribution in [2.24, 2.45) is 0 Å². The maximum Gasteiger partial charge on any atom is 0.270 e. The van der Waals surface area contributed by atoms with Crippen LogP contribution in [0.25, 0.3) is 23.2 Å². The van der Waals surface area contributed by atoms with Crippen molar-refractivity contribution in [3.8, 4) is 17.1 Å². The van der Waals surface area contributed by atoms with Gasteiger partial charge in [-0.3, -0.25) is 9.78 Å². The van der Waals surface area contributed by atoms with Gasteiger partial charge in [0.1, 0.15) is 23.8 Å². The number of amides is 1. The van der Waals surface area contributed by atoms with Gasteiger partial charge in [-0.15, -0.1) is 5.10 Å². The number of tetrazole rings is 1. The molecular weight excluding hydrogens is 456 g/mol. The molecule has 5 rings (SSSR count). The Bertz CT molecular complexity index is 1450. The normalized spacial score (nSPS) is 11.3. The van der Waals surface area contributed by atoms with E-state index < -0.39 is 0 Å². The minimum atomic E-state index is -0.365. The van der Waals surface area contributed by atoms with Gasteiger partial charge in [0.25, 0.3) is 5.91 Å². The van der Waals surface area contributed by atoms with E-state index in [9.17, 15) is 4.79 Å². The van der Waals surface area contributed by atoms with E-state index in [0.29, 0.717) is 23.9 Å². The molecule has 0 atom stereocenters. The molecule has 0 aliphatic rings. The van der Waals surface area contributed by atoms with E-state index >= 15 is 0 Å². The van der Waals surface area contributed by atoms with Crippen molar-refractivity contribution in [2.75, 3.05) is 0 Å². The smallest absolute Gasteiger partial charge is 0.270 e. The van der Waals surface area contributed by atoms with Crippen LogP contribution in [-0.2, 0) is 17.9 Å². The number of carbonyl (C=O) groups excluding carboxylic acids is 1. The van der Waals surface area contributed by atoms with Gasteiger partial charge in [-0.25, -0.2) is 0 Å². The van der Waals surface area contributed by atoms with Crippen molar-refractivity contribution in [1.29, 1.82) is 0 Å². The largest absolute Gasteiger partial charge is 0.487 e. The molecule has 0 aliphatic carbocycles. The standard InChI is InChI=1S/C27H22N6O3/c34-27(29-18-20-8-6-12-23(16-20)36-19-22-11-4-5-14-28-22)25(17-24-13-7-15-35-24)33-26(30-31-32-33)21-9-2-1-3-10-21/h1-17H,18-19H2,(H,29,34)/b25-17-. The van der Waals surface area contributed by atoms with Crippen LogP contribution in [0.4, 0.5) is 0 Å². The molecule has 0 aliphatic heterocycles. The molecule has 0 spiro atoms. The molecule has 3 aromatic heterocycles. The van der Waals surface area contributed by atoms with E-state index in [0.717, 1.165) is 16.8 Å². The highest BCUT2D eigenvalue weighted by molar-refractivity contribution is 6.18. The highest BCUT2D eigenvalue weighted by Crippen LogP contribution is 2.21. The summed E-state index contributed by atoms with van der Waals surface area (Å²) >= 11 is 0. The Morgan fingerprint density at radius 2 is 1.89 bits per heavy atom. The van der Waals surface area contributed by atoms with Crippen molar-refractivity contribution in [2.45, 2.75) is 13.2 Å². The summed E-state index contributed by atoms with van der Waals surface area (Å²) in [4.78, 5) is 17.6. The van der Waals surface area contributed by atoms with E-state index in [2.05, 4.69) is 25.8 Å². The summed E-state index contributed by atoms with van der Waals surface area (Å²) in [5, 5.41) is 14.9. The monoisotopic (exact) mass is 478 g/mol. The third-order valence-electron chi connectivity index (χ3n) is 5.25. The summed E-state index contributed by atoms with van der Waals surface area (Å²) in [7, 11) is 0. The Kier molecular flexibility index (Phi) is 6.89. The SMILES string of the molecule is O=C(NCc1cccc(OCc2ccccn2)c1)/C(=C/c1ccco1)n1nnnc1-c1ccccc1. The lowest BCUT2D eigenvalue weighted by Crippen LogP contribution is -2.27.